The van der Waals surface area contributed by atoms with Crippen LogP contribution in [-0.4, -0.2) is 36.7 Å². The van der Waals surface area contributed by atoms with Gasteiger partial charge >= 0.3 is 11.9 Å². The standard InChI is InChI=1S/C21H18O6/c1-2-3-11-26-17(22)12-27-21(25)16-10-6-9-15-18(16)20(24)14-8-5-4-7-13(14)19(15)23/h4-10H,2-3,11-12H2,1H3. The molecule has 6 nitrogen and oxygen atoms in total. The molecular weight excluding hydrogens is 348 g/mol. The van der Waals surface area contributed by atoms with E-state index in [9.17, 15) is 19.2 Å². The zero-order valence-corrected chi connectivity index (χ0v) is 14.8. The van der Waals surface area contributed by atoms with Crippen LogP contribution in [0.2, 0.25) is 0 Å². The molecule has 6 heteroatoms. The number of fused-ring (bicyclic) bond motifs is 2. The molecule has 138 valence electrons. The highest BCUT2D eigenvalue weighted by Crippen LogP contribution is 2.29. The average Bonchev–Trinajstić information content (AvgIpc) is 2.70. The van der Waals surface area contributed by atoms with Crippen molar-refractivity contribution >= 4 is 23.5 Å². The van der Waals surface area contributed by atoms with Crippen LogP contribution in [0.5, 0.6) is 0 Å². The molecule has 0 amide bonds. The SMILES string of the molecule is CCCCOC(=O)COC(=O)c1cccc2c1C(=O)c1ccccc1C2=O. The number of carbonyl (C=O) groups excluding carboxylic acids is 4. The fraction of sp³-hybridized carbons (Fsp3) is 0.238. The van der Waals surface area contributed by atoms with Crippen molar-refractivity contribution in [3.8, 4) is 0 Å². The van der Waals surface area contributed by atoms with Crippen LogP contribution in [0.1, 0.15) is 62.0 Å². The lowest BCUT2D eigenvalue weighted by molar-refractivity contribution is -0.147. The number of esters is 2. The highest BCUT2D eigenvalue weighted by Gasteiger charge is 2.33. The first kappa shape index (κ1) is 18.5. The highest BCUT2D eigenvalue weighted by molar-refractivity contribution is 6.30. The number of carbonyl (C=O) groups is 4. The molecular formula is C21H18O6. The summed E-state index contributed by atoms with van der Waals surface area (Å²) in [7, 11) is 0. The molecule has 1 aliphatic rings. The summed E-state index contributed by atoms with van der Waals surface area (Å²) in [4.78, 5) is 49.5. The lowest BCUT2D eigenvalue weighted by atomic mass is 9.82. The van der Waals surface area contributed by atoms with Gasteiger partial charge in [0.1, 0.15) is 0 Å². The largest absolute Gasteiger partial charge is 0.463 e. The topological polar surface area (TPSA) is 86.7 Å². The molecule has 1 aliphatic carbocycles. The number of rotatable bonds is 6. The van der Waals surface area contributed by atoms with Crippen molar-refractivity contribution in [2.75, 3.05) is 13.2 Å². The Bertz CT molecular complexity index is 928. The molecule has 0 saturated carbocycles. The maximum Gasteiger partial charge on any atom is 0.344 e. The van der Waals surface area contributed by atoms with Gasteiger partial charge in [0, 0.05) is 22.3 Å². The van der Waals surface area contributed by atoms with Crippen LogP contribution < -0.4 is 0 Å². The van der Waals surface area contributed by atoms with Crippen molar-refractivity contribution in [3.63, 3.8) is 0 Å². The Kier molecular flexibility index (Phi) is 5.45. The predicted molar refractivity (Wildman–Crippen MR) is 95.9 cm³/mol. The normalized spacial score (nSPS) is 12.2. The minimum atomic E-state index is -0.847. The summed E-state index contributed by atoms with van der Waals surface area (Å²) in [5.74, 6) is -2.25. The Balaban J connectivity index is 1.82. The van der Waals surface area contributed by atoms with E-state index in [2.05, 4.69) is 0 Å². The fourth-order valence-corrected chi connectivity index (χ4v) is 2.89. The summed E-state index contributed by atoms with van der Waals surface area (Å²) < 4.78 is 9.91. The molecule has 2 aromatic carbocycles. The minimum absolute atomic E-state index is 0.00514. The summed E-state index contributed by atoms with van der Waals surface area (Å²) in [6.07, 6.45) is 1.60. The van der Waals surface area contributed by atoms with E-state index in [1.165, 1.54) is 18.2 Å². The number of ketones is 2. The molecule has 0 N–H and O–H groups in total. The molecule has 27 heavy (non-hydrogen) atoms. The molecule has 3 rings (SSSR count). The van der Waals surface area contributed by atoms with E-state index >= 15 is 0 Å². The number of benzene rings is 2. The number of unbranched alkanes of at least 4 members (excludes halogenated alkanes) is 1. The maximum absolute atomic E-state index is 12.8. The average molecular weight is 366 g/mol. The second kappa shape index (κ2) is 7.95. The first-order valence-electron chi connectivity index (χ1n) is 8.68. The second-order valence-corrected chi connectivity index (χ2v) is 6.08. The van der Waals surface area contributed by atoms with Gasteiger partial charge in [-0.05, 0) is 12.5 Å². The molecule has 0 atom stereocenters. The Morgan fingerprint density at radius 1 is 0.852 bits per heavy atom. The Morgan fingerprint density at radius 3 is 2.22 bits per heavy atom. The van der Waals surface area contributed by atoms with E-state index in [0.29, 0.717) is 5.56 Å². The Hall–Kier alpha value is -3.28. The third kappa shape index (κ3) is 3.65. The van der Waals surface area contributed by atoms with Crippen molar-refractivity contribution in [1.82, 2.24) is 0 Å². The van der Waals surface area contributed by atoms with Crippen molar-refractivity contribution in [1.29, 1.82) is 0 Å². The molecule has 0 aliphatic heterocycles. The smallest absolute Gasteiger partial charge is 0.344 e. The van der Waals surface area contributed by atoms with E-state index in [1.54, 1.807) is 24.3 Å². The van der Waals surface area contributed by atoms with Crippen LogP contribution in [0, 0.1) is 0 Å². The van der Waals surface area contributed by atoms with Crippen LogP contribution in [0.25, 0.3) is 0 Å². The molecule has 0 bridgehead atoms. The summed E-state index contributed by atoms with van der Waals surface area (Å²) >= 11 is 0. The van der Waals surface area contributed by atoms with E-state index < -0.39 is 24.3 Å². The number of ether oxygens (including phenoxy) is 2. The predicted octanol–water partition coefficient (Wildman–Crippen LogP) is 2.96. The molecule has 0 fully saturated rings. The van der Waals surface area contributed by atoms with Crippen LogP contribution in [0.4, 0.5) is 0 Å². The number of hydrogen-bond acceptors (Lipinski definition) is 6. The van der Waals surface area contributed by atoms with Crippen molar-refractivity contribution < 1.29 is 28.7 Å². The molecule has 0 heterocycles. The van der Waals surface area contributed by atoms with Gasteiger partial charge in [0.05, 0.1) is 12.2 Å². The van der Waals surface area contributed by atoms with Crippen molar-refractivity contribution in [2.24, 2.45) is 0 Å². The quantitative estimate of drug-likeness (QED) is 0.492. The van der Waals surface area contributed by atoms with Crippen LogP contribution in [-0.2, 0) is 14.3 Å². The molecule has 2 aromatic rings. The van der Waals surface area contributed by atoms with E-state index in [4.69, 9.17) is 9.47 Å². The third-order valence-corrected chi connectivity index (χ3v) is 4.25. The van der Waals surface area contributed by atoms with Gasteiger partial charge < -0.3 is 9.47 Å². The van der Waals surface area contributed by atoms with Crippen molar-refractivity contribution in [3.05, 3.63) is 70.3 Å². The lowest BCUT2D eigenvalue weighted by Crippen LogP contribution is -2.25. The Morgan fingerprint density at radius 2 is 1.52 bits per heavy atom. The van der Waals surface area contributed by atoms with Gasteiger partial charge in [-0.1, -0.05) is 49.7 Å². The van der Waals surface area contributed by atoms with E-state index in [0.717, 1.165) is 12.8 Å². The number of hydrogen-bond donors (Lipinski definition) is 0. The van der Waals surface area contributed by atoms with Gasteiger partial charge in [-0.3, -0.25) is 9.59 Å². The molecule has 0 aromatic heterocycles. The first-order valence-corrected chi connectivity index (χ1v) is 8.68. The van der Waals surface area contributed by atoms with Gasteiger partial charge in [-0.15, -0.1) is 0 Å². The summed E-state index contributed by atoms with van der Waals surface area (Å²) in [6.45, 7) is 1.67. The van der Waals surface area contributed by atoms with Crippen molar-refractivity contribution in [2.45, 2.75) is 19.8 Å². The molecule has 0 spiro atoms. The van der Waals surface area contributed by atoms with E-state index in [1.807, 2.05) is 6.92 Å². The zero-order valence-electron chi connectivity index (χ0n) is 14.8. The summed E-state index contributed by atoms with van der Waals surface area (Å²) in [6, 6.07) is 10.9. The maximum atomic E-state index is 12.8. The summed E-state index contributed by atoms with van der Waals surface area (Å²) in [5, 5.41) is 0. The minimum Gasteiger partial charge on any atom is -0.463 e. The molecule has 0 saturated heterocycles. The highest BCUT2D eigenvalue weighted by atomic mass is 16.6. The fourth-order valence-electron chi connectivity index (χ4n) is 2.89. The van der Waals surface area contributed by atoms with Gasteiger partial charge in [-0.25, -0.2) is 9.59 Å². The molecule has 0 radical (unpaired) electrons. The summed E-state index contributed by atoms with van der Waals surface area (Å²) in [5.41, 5.74) is 0.667. The van der Waals surface area contributed by atoms with E-state index in [-0.39, 0.29) is 34.6 Å². The van der Waals surface area contributed by atoms with Gasteiger partial charge in [0.2, 0.25) is 0 Å². The van der Waals surface area contributed by atoms with Gasteiger partial charge in [0.15, 0.2) is 18.2 Å². The zero-order chi connectivity index (χ0) is 19.4. The second-order valence-electron chi connectivity index (χ2n) is 6.08. The van der Waals surface area contributed by atoms with Gasteiger partial charge in [-0.2, -0.15) is 0 Å². The first-order chi connectivity index (χ1) is 13.0. The van der Waals surface area contributed by atoms with Crippen LogP contribution in [0.3, 0.4) is 0 Å². The Labute approximate surface area is 156 Å². The van der Waals surface area contributed by atoms with Gasteiger partial charge in [0.25, 0.3) is 0 Å². The monoisotopic (exact) mass is 366 g/mol. The third-order valence-electron chi connectivity index (χ3n) is 4.25. The molecule has 0 unspecified atom stereocenters. The van der Waals surface area contributed by atoms with Crippen LogP contribution in [0.15, 0.2) is 42.5 Å². The van der Waals surface area contributed by atoms with Crippen LogP contribution >= 0.6 is 0 Å². The lowest BCUT2D eigenvalue weighted by Gasteiger charge is -2.19.